The molecule has 0 radical (unpaired) electrons. The molecular formula is C18H27N3O. The molecule has 2 rings (SSSR count). The van der Waals surface area contributed by atoms with Crippen molar-refractivity contribution in [2.24, 2.45) is 5.92 Å². The molecule has 22 heavy (non-hydrogen) atoms. The lowest BCUT2D eigenvalue weighted by molar-refractivity contribution is 0.0662. The summed E-state index contributed by atoms with van der Waals surface area (Å²) in [6.07, 6.45) is 2.18. The normalized spacial score (nSPS) is 18.3. The highest BCUT2D eigenvalue weighted by Gasteiger charge is 2.19. The van der Waals surface area contributed by atoms with E-state index in [-0.39, 0.29) is 6.10 Å². The summed E-state index contributed by atoms with van der Waals surface area (Å²) in [5.74, 6) is 0.826. The molecule has 1 aromatic carbocycles. The Kier molecular flexibility index (Phi) is 6.38. The molecule has 0 aromatic heterocycles. The number of likely N-dealkylation sites (tertiary alicyclic amines) is 1. The number of piperidine rings is 1. The summed E-state index contributed by atoms with van der Waals surface area (Å²) in [6, 6.07) is 9.77. The van der Waals surface area contributed by atoms with Crippen molar-refractivity contribution in [3.8, 4) is 6.07 Å². The van der Waals surface area contributed by atoms with Crippen molar-refractivity contribution in [1.29, 1.82) is 5.26 Å². The lowest BCUT2D eigenvalue weighted by Gasteiger charge is -2.32. The molecule has 0 bridgehead atoms. The zero-order chi connectivity index (χ0) is 15.9. The second kappa shape index (κ2) is 8.28. The highest BCUT2D eigenvalue weighted by molar-refractivity contribution is 5.31. The number of rotatable bonds is 6. The van der Waals surface area contributed by atoms with Gasteiger partial charge in [-0.1, -0.05) is 19.1 Å². The molecule has 0 aliphatic carbocycles. The molecule has 1 atom stereocenters. The van der Waals surface area contributed by atoms with Gasteiger partial charge in [-0.3, -0.25) is 4.90 Å². The minimum atomic E-state index is -0.309. The molecule has 0 amide bonds. The van der Waals surface area contributed by atoms with E-state index in [0.29, 0.717) is 12.1 Å². The number of benzene rings is 1. The molecule has 0 spiro atoms. The standard InChI is InChI=1S/C18H27N3O/c1-15-7-9-21(10-8-15)14-18(22)13-20(2)12-17-5-3-16(11-19)4-6-17/h3-6,15,18,22H,7-10,12-14H2,1-2H3. The summed E-state index contributed by atoms with van der Waals surface area (Å²) in [5, 5.41) is 19.1. The number of likely N-dealkylation sites (N-methyl/N-ethyl adjacent to an activating group) is 1. The molecule has 1 aromatic rings. The first-order valence-electron chi connectivity index (χ1n) is 8.15. The second-order valence-electron chi connectivity index (χ2n) is 6.64. The van der Waals surface area contributed by atoms with Crippen LogP contribution in [-0.2, 0) is 6.54 Å². The molecule has 1 N–H and O–H groups in total. The maximum absolute atomic E-state index is 10.3. The van der Waals surface area contributed by atoms with E-state index in [1.807, 2.05) is 31.3 Å². The summed E-state index contributed by atoms with van der Waals surface area (Å²) in [7, 11) is 2.03. The number of nitrogens with zero attached hydrogens (tertiary/aromatic N) is 3. The molecule has 120 valence electrons. The predicted octanol–water partition coefficient (Wildman–Crippen LogP) is 2.08. The van der Waals surface area contributed by atoms with Gasteiger partial charge in [0.2, 0.25) is 0 Å². The lowest BCUT2D eigenvalue weighted by Crippen LogP contribution is -2.42. The fourth-order valence-corrected chi connectivity index (χ4v) is 3.02. The average molecular weight is 301 g/mol. The highest BCUT2D eigenvalue weighted by atomic mass is 16.3. The fourth-order valence-electron chi connectivity index (χ4n) is 3.02. The summed E-state index contributed by atoms with van der Waals surface area (Å²) >= 11 is 0. The first-order valence-corrected chi connectivity index (χ1v) is 8.15. The zero-order valence-corrected chi connectivity index (χ0v) is 13.7. The Morgan fingerprint density at radius 3 is 2.55 bits per heavy atom. The van der Waals surface area contributed by atoms with E-state index in [4.69, 9.17) is 5.26 Å². The van der Waals surface area contributed by atoms with Crippen LogP contribution in [0.3, 0.4) is 0 Å². The van der Waals surface area contributed by atoms with Crippen LogP contribution in [0.5, 0.6) is 0 Å². The summed E-state index contributed by atoms with van der Waals surface area (Å²) in [4.78, 5) is 4.51. The van der Waals surface area contributed by atoms with E-state index >= 15 is 0 Å². The first-order chi connectivity index (χ1) is 10.6. The molecule has 1 fully saturated rings. The average Bonchev–Trinajstić information content (AvgIpc) is 2.50. The molecule has 1 aliphatic heterocycles. The Hall–Kier alpha value is -1.41. The molecule has 4 heteroatoms. The largest absolute Gasteiger partial charge is 0.390 e. The van der Waals surface area contributed by atoms with Crippen LogP contribution in [0.1, 0.15) is 30.9 Å². The van der Waals surface area contributed by atoms with Gasteiger partial charge in [-0.05, 0) is 56.6 Å². The fraction of sp³-hybridized carbons (Fsp3) is 0.611. The predicted molar refractivity (Wildman–Crippen MR) is 88.3 cm³/mol. The van der Waals surface area contributed by atoms with Gasteiger partial charge in [-0.2, -0.15) is 5.26 Å². The second-order valence-corrected chi connectivity index (χ2v) is 6.64. The molecule has 0 saturated carbocycles. The van der Waals surface area contributed by atoms with Gasteiger partial charge >= 0.3 is 0 Å². The van der Waals surface area contributed by atoms with Gasteiger partial charge in [-0.15, -0.1) is 0 Å². The van der Waals surface area contributed by atoms with E-state index < -0.39 is 0 Å². The van der Waals surface area contributed by atoms with Crippen molar-refractivity contribution in [2.45, 2.75) is 32.4 Å². The van der Waals surface area contributed by atoms with Crippen molar-refractivity contribution in [2.75, 3.05) is 33.2 Å². The van der Waals surface area contributed by atoms with E-state index in [2.05, 4.69) is 22.8 Å². The molecule has 1 saturated heterocycles. The third kappa shape index (κ3) is 5.42. The number of hydrogen-bond acceptors (Lipinski definition) is 4. The maximum atomic E-state index is 10.3. The SMILES string of the molecule is CC1CCN(CC(O)CN(C)Cc2ccc(C#N)cc2)CC1. The highest BCUT2D eigenvalue weighted by Crippen LogP contribution is 2.16. The van der Waals surface area contributed by atoms with Crippen molar-refractivity contribution < 1.29 is 5.11 Å². The summed E-state index contributed by atoms with van der Waals surface area (Å²) < 4.78 is 0. The Bertz CT molecular complexity index is 486. The number of aliphatic hydroxyl groups is 1. The molecule has 1 heterocycles. The van der Waals surface area contributed by atoms with Gasteiger partial charge in [0.05, 0.1) is 17.7 Å². The van der Waals surface area contributed by atoms with Crippen LogP contribution in [0.2, 0.25) is 0 Å². The summed E-state index contributed by atoms with van der Waals surface area (Å²) in [5.41, 5.74) is 1.85. The number of aliphatic hydroxyl groups excluding tert-OH is 1. The maximum Gasteiger partial charge on any atom is 0.0991 e. The monoisotopic (exact) mass is 301 g/mol. The topological polar surface area (TPSA) is 50.5 Å². The van der Waals surface area contributed by atoms with Gasteiger partial charge < -0.3 is 10.0 Å². The van der Waals surface area contributed by atoms with Gasteiger partial charge in [0.15, 0.2) is 0 Å². The van der Waals surface area contributed by atoms with Crippen molar-refractivity contribution in [3.05, 3.63) is 35.4 Å². The van der Waals surface area contributed by atoms with Crippen LogP contribution < -0.4 is 0 Å². The van der Waals surface area contributed by atoms with Gasteiger partial charge in [0.25, 0.3) is 0 Å². The third-order valence-corrected chi connectivity index (χ3v) is 4.40. The van der Waals surface area contributed by atoms with Crippen molar-refractivity contribution in [3.63, 3.8) is 0 Å². The van der Waals surface area contributed by atoms with E-state index in [1.165, 1.54) is 18.4 Å². The van der Waals surface area contributed by atoms with Crippen LogP contribution in [0, 0.1) is 17.2 Å². The van der Waals surface area contributed by atoms with Gasteiger partial charge in [0.1, 0.15) is 0 Å². The molecule has 1 unspecified atom stereocenters. The van der Waals surface area contributed by atoms with Crippen LogP contribution in [0.25, 0.3) is 0 Å². The van der Waals surface area contributed by atoms with E-state index in [1.54, 1.807) is 0 Å². The minimum absolute atomic E-state index is 0.309. The molecule has 1 aliphatic rings. The zero-order valence-electron chi connectivity index (χ0n) is 13.7. The molecular weight excluding hydrogens is 274 g/mol. The van der Waals surface area contributed by atoms with Crippen molar-refractivity contribution >= 4 is 0 Å². The van der Waals surface area contributed by atoms with E-state index in [9.17, 15) is 5.11 Å². The lowest BCUT2D eigenvalue weighted by atomic mass is 9.99. The number of nitriles is 1. The number of hydrogen-bond donors (Lipinski definition) is 1. The van der Waals surface area contributed by atoms with E-state index in [0.717, 1.165) is 32.1 Å². The van der Waals surface area contributed by atoms with Crippen LogP contribution in [0.15, 0.2) is 24.3 Å². The third-order valence-electron chi connectivity index (χ3n) is 4.40. The quantitative estimate of drug-likeness (QED) is 0.874. The molecule has 4 nitrogen and oxygen atoms in total. The van der Waals surface area contributed by atoms with Crippen LogP contribution in [0.4, 0.5) is 0 Å². The Labute approximate surface area is 134 Å². The Balaban J connectivity index is 1.73. The Morgan fingerprint density at radius 2 is 1.95 bits per heavy atom. The first kappa shape index (κ1) is 17.0. The van der Waals surface area contributed by atoms with Crippen LogP contribution in [-0.4, -0.2) is 54.2 Å². The van der Waals surface area contributed by atoms with Crippen molar-refractivity contribution in [1.82, 2.24) is 9.80 Å². The Morgan fingerprint density at radius 1 is 1.32 bits per heavy atom. The van der Waals surface area contributed by atoms with Crippen LogP contribution >= 0.6 is 0 Å². The number of β-amino-alcohol motifs (C(OH)–C–C–N with tert-alkyl or cyclic N) is 1. The van der Waals surface area contributed by atoms with Gasteiger partial charge in [-0.25, -0.2) is 0 Å². The minimum Gasteiger partial charge on any atom is -0.390 e. The smallest absolute Gasteiger partial charge is 0.0991 e. The van der Waals surface area contributed by atoms with Gasteiger partial charge in [0, 0.05) is 19.6 Å². The summed E-state index contributed by atoms with van der Waals surface area (Å²) in [6.45, 7) is 6.75.